The minimum Gasteiger partial charge on any atom is -0.342 e. The van der Waals surface area contributed by atoms with E-state index in [1.54, 1.807) is 0 Å². The highest BCUT2D eigenvalue weighted by molar-refractivity contribution is 5.77. The quantitative estimate of drug-likeness (QED) is 0.859. The summed E-state index contributed by atoms with van der Waals surface area (Å²) < 4.78 is 0. The molecule has 0 radical (unpaired) electrons. The van der Waals surface area contributed by atoms with E-state index in [-0.39, 0.29) is 17.4 Å². The summed E-state index contributed by atoms with van der Waals surface area (Å²) in [6.45, 7) is 8.18. The Morgan fingerprint density at radius 3 is 2.70 bits per heavy atom. The van der Waals surface area contributed by atoms with Crippen molar-refractivity contribution in [2.24, 2.45) is 11.3 Å². The smallest absolute Gasteiger partial charge is 0.317 e. The van der Waals surface area contributed by atoms with Gasteiger partial charge in [0.25, 0.3) is 0 Å². The molecule has 27 heavy (non-hydrogen) atoms. The van der Waals surface area contributed by atoms with Crippen molar-refractivity contribution in [3.8, 4) is 0 Å². The van der Waals surface area contributed by atoms with Gasteiger partial charge < -0.3 is 15.1 Å². The highest BCUT2D eigenvalue weighted by Gasteiger charge is 2.42. The van der Waals surface area contributed by atoms with Crippen LogP contribution in [0.4, 0.5) is 4.79 Å². The van der Waals surface area contributed by atoms with Crippen LogP contribution in [0.25, 0.3) is 0 Å². The average Bonchev–Trinajstić information content (AvgIpc) is 2.68. The molecule has 148 valence electrons. The van der Waals surface area contributed by atoms with Crippen molar-refractivity contribution in [2.75, 3.05) is 26.2 Å². The second-order valence-electron chi connectivity index (χ2n) is 8.67. The van der Waals surface area contributed by atoms with Crippen LogP contribution in [0.5, 0.6) is 0 Å². The number of hydrogen-bond acceptors (Lipinski definition) is 2. The summed E-state index contributed by atoms with van der Waals surface area (Å²) in [5.74, 6) is 0.884. The van der Waals surface area contributed by atoms with Gasteiger partial charge in [-0.25, -0.2) is 4.79 Å². The third kappa shape index (κ3) is 5.24. The van der Waals surface area contributed by atoms with Gasteiger partial charge in [-0.3, -0.25) is 4.79 Å². The van der Waals surface area contributed by atoms with Gasteiger partial charge in [-0.2, -0.15) is 0 Å². The highest BCUT2D eigenvalue weighted by Crippen LogP contribution is 2.39. The number of hydrogen-bond donors (Lipinski definition) is 1. The lowest BCUT2D eigenvalue weighted by atomic mass is 9.73. The number of likely N-dealkylation sites (tertiary alicyclic amines) is 2. The Bertz CT molecular complexity index is 646. The fraction of sp³-hybridized carbons (Fsp3) is 0.636. The fourth-order valence-corrected chi connectivity index (χ4v) is 4.32. The van der Waals surface area contributed by atoms with Gasteiger partial charge in [0, 0.05) is 44.6 Å². The number of amides is 3. The van der Waals surface area contributed by atoms with Gasteiger partial charge in [-0.05, 0) is 37.2 Å². The molecule has 0 saturated carbocycles. The van der Waals surface area contributed by atoms with Crippen LogP contribution in [0, 0.1) is 11.3 Å². The zero-order valence-electron chi connectivity index (χ0n) is 16.7. The molecule has 1 atom stereocenters. The van der Waals surface area contributed by atoms with E-state index in [1.165, 1.54) is 0 Å². The van der Waals surface area contributed by atoms with Crippen LogP contribution in [0.3, 0.4) is 0 Å². The number of benzene rings is 1. The molecule has 0 aromatic heterocycles. The summed E-state index contributed by atoms with van der Waals surface area (Å²) in [4.78, 5) is 29.0. The van der Waals surface area contributed by atoms with Gasteiger partial charge in [0.05, 0.1) is 0 Å². The van der Waals surface area contributed by atoms with Crippen molar-refractivity contribution in [3.05, 3.63) is 35.9 Å². The maximum absolute atomic E-state index is 12.7. The van der Waals surface area contributed by atoms with E-state index in [0.29, 0.717) is 18.9 Å². The van der Waals surface area contributed by atoms with E-state index < -0.39 is 0 Å². The van der Waals surface area contributed by atoms with E-state index in [0.717, 1.165) is 57.4 Å². The second kappa shape index (κ2) is 8.77. The zero-order chi connectivity index (χ0) is 19.3. The van der Waals surface area contributed by atoms with Crippen molar-refractivity contribution in [2.45, 2.75) is 52.5 Å². The SMILES string of the molecule is CC(C)CCN1C[C@]2(CCCN(C(=O)NCc3ccccc3)C2)CCC1=O. The van der Waals surface area contributed by atoms with E-state index >= 15 is 0 Å². The molecule has 3 rings (SSSR count). The molecule has 5 nitrogen and oxygen atoms in total. The molecule has 2 aliphatic heterocycles. The van der Waals surface area contributed by atoms with Crippen LogP contribution in [-0.4, -0.2) is 47.9 Å². The first kappa shape index (κ1) is 19.7. The Morgan fingerprint density at radius 1 is 1.19 bits per heavy atom. The first-order valence-electron chi connectivity index (χ1n) is 10.3. The summed E-state index contributed by atoms with van der Waals surface area (Å²) in [5, 5.41) is 3.06. The summed E-state index contributed by atoms with van der Waals surface area (Å²) in [6, 6.07) is 10.0. The zero-order valence-corrected chi connectivity index (χ0v) is 16.7. The maximum Gasteiger partial charge on any atom is 0.317 e. The summed E-state index contributed by atoms with van der Waals surface area (Å²) in [7, 11) is 0. The lowest BCUT2D eigenvalue weighted by molar-refractivity contribution is -0.139. The number of nitrogens with one attached hydrogen (secondary N) is 1. The molecule has 0 unspecified atom stereocenters. The maximum atomic E-state index is 12.7. The molecule has 3 amide bonds. The van der Waals surface area contributed by atoms with Gasteiger partial charge in [0.1, 0.15) is 0 Å². The van der Waals surface area contributed by atoms with Crippen LogP contribution < -0.4 is 5.32 Å². The van der Waals surface area contributed by atoms with Gasteiger partial charge >= 0.3 is 6.03 Å². The summed E-state index contributed by atoms with van der Waals surface area (Å²) in [5.41, 5.74) is 1.19. The number of rotatable bonds is 5. The van der Waals surface area contributed by atoms with Gasteiger partial charge in [-0.15, -0.1) is 0 Å². The average molecular weight is 372 g/mol. The molecule has 1 aromatic carbocycles. The van der Waals surface area contributed by atoms with Crippen molar-refractivity contribution < 1.29 is 9.59 Å². The Labute approximate surface area is 163 Å². The monoisotopic (exact) mass is 371 g/mol. The first-order chi connectivity index (χ1) is 13.0. The Balaban J connectivity index is 1.57. The summed E-state index contributed by atoms with van der Waals surface area (Å²) in [6.07, 6.45) is 4.71. The molecular weight excluding hydrogens is 338 g/mol. The molecule has 2 saturated heterocycles. The normalized spacial score (nSPS) is 23.1. The van der Waals surface area contributed by atoms with Crippen molar-refractivity contribution in [1.29, 1.82) is 0 Å². The minimum absolute atomic E-state index is 0.0172. The Kier molecular flexibility index (Phi) is 6.40. The molecule has 2 heterocycles. The highest BCUT2D eigenvalue weighted by atomic mass is 16.2. The lowest BCUT2D eigenvalue weighted by Crippen LogP contribution is -2.56. The summed E-state index contributed by atoms with van der Waals surface area (Å²) >= 11 is 0. The van der Waals surface area contributed by atoms with Crippen LogP contribution >= 0.6 is 0 Å². The Hall–Kier alpha value is -2.04. The number of urea groups is 1. The van der Waals surface area contributed by atoms with Gasteiger partial charge in [0.2, 0.25) is 5.91 Å². The van der Waals surface area contributed by atoms with E-state index in [9.17, 15) is 9.59 Å². The predicted molar refractivity (Wildman–Crippen MR) is 107 cm³/mol. The molecule has 1 N–H and O–H groups in total. The third-order valence-corrected chi connectivity index (χ3v) is 5.96. The van der Waals surface area contributed by atoms with E-state index in [2.05, 4.69) is 24.1 Å². The van der Waals surface area contributed by atoms with Gasteiger partial charge in [0.15, 0.2) is 0 Å². The van der Waals surface area contributed by atoms with Crippen LogP contribution in [0.2, 0.25) is 0 Å². The van der Waals surface area contributed by atoms with Crippen molar-refractivity contribution in [1.82, 2.24) is 15.1 Å². The van der Waals surface area contributed by atoms with Crippen molar-refractivity contribution in [3.63, 3.8) is 0 Å². The molecule has 0 aliphatic carbocycles. The predicted octanol–water partition coefficient (Wildman–Crippen LogP) is 3.65. The van der Waals surface area contributed by atoms with Crippen molar-refractivity contribution >= 4 is 11.9 Å². The second-order valence-corrected chi connectivity index (χ2v) is 8.67. The molecule has 2 fully saturated rings. The number of carbonyl (C=O) groups excluding carboxylic acids is 2. The number of carbonyl (C=O) groups is 2. The van der Waals surface area contributed by atoms with E-state index in [4.69, 9.17) is 0 Å². The number of nitrogens with zero attached hydrogens (tertiary/aromatic N) is 2. The molecule has 1 aromatic rings. The molecule has 2 aliphatic rings. The van der Waals surface area contributed by atoms with Crippen LogP contribution in [0.15, 0.2) is 30.3 Å². The Morgan fingerprint density at radius 2 is 1.96 bits per heavy atom. The molecule has 5 heteroatoms. The molecule has 0 bridgehead atoms. The number of piperidine rings is 2. The van der Waals surface area contributed by atoms with Crippen LogP contribution in [0.1, 0.15) is 51.5 Å². The fourth-order valence-electron chi connectivity index (χ4n) is 4.32. The lowest BCUT2D eigenvalue weighted by Gasteiger charge is -2.48. The van der Waals surface area contributed by atoms with E-state index in [1.807, 2.05) is 35.2 Å². The minimum atomic E-state index is 0.0172. The topological polar surface area (TPSA) is 52.6 Å². The third-order valence-electron chi connectivity index (χ3n) is 5.96. The first-order valence-corrected chi connectivity index (χ1v) is 10.3. The van der Waals surface area contributed by atoms with Gasteiger partial charge in [-0.1, -0.05) is 44.2 Å². The standard InChI is InChI=1S/C22H33N3O2/c1-18(2)10-14-24-16-22(12-9-20(24)26)11-6-13-25(17-22)21(27)23-15-19-7-4-3-5-8-19/h3-5,7-8,18H,6,9-17H2,1-2H3,(H,23,27)/t22-/m0/s1. The molecular formula is C22H33N3O2. The molecule has 1 spiro atoms. The van der Waals surface area contributed by atoms with Crippen LogP contribution in [-0.2, 0) is 11.3 Å². The largest absolute Gasteiger partial charge is 0.342 e.